The average Bonchev–Trinajstić information content (AvgIpc) is 2.90. The molecule has 0 saturated heterocycles. The van der Waals surface area contributed by atoms with Crippen molar-refractivity contribution in [3.63, 3.8) is 0 Å². The summed E-state index contributed by atoms with van der Waals surface area (Å²) in [5, 5.41) is 0. The molecular formula is C24H19F23O4. The van der Waals surface area contributed by atoms with Gasteiger partial charge in [-0.3, -0.25) is 4.79 Å². The van der Waals surface area contributed by atoms with Gasteiger partial charge in [0.05, 0.1) is 31.5 Å². The number of hydrogen-bond acceptors (Lipinski definition) is 4. The molecule has 0 bridgehead atoms. The molecule has 2 radical (unpaired) electrons. The van der Waals surface area contributed by atoms with Gasteiger partial charge in [0.1, 0.15) is 0 Å². The molecule has 0 heterocycles. The smallest absolute Gasteiger partial charge is 0.460 e. The minimum atomic E-state index is -8.21. The number of carbonyl (C=O) groups is 2. The van der Waals surface area contributed by atoms with Gasteiger partial charge in [0.2, 0.25) is 0 Å². The number of ether oxygens (including phenoxy) is 2. The fourth-order valence-corrected chi connectivity index (χ4v) is 3.22. The molecule has 27 heteroatoms. The lowest BCUT2D eigenvalue weighted by Gasteiger charge is -2.39. The van der Waals surface area contributed by atoms with Crippen LogP contribution in [-0.2, 0) is 19.1 Å². The topological polar surface area (TPSA) is 52.6 Å². The second kappa shape index (κ2) is 13.8. The minimum Gasteiger partial charge on any atom is -0.465 e. The summed E-state index contributed by atoms with van der Waals surface area (Å²) in [6.45, 7) is 3.13. The minimum absolute atomic E-state index is 0.426. The number of alkyl halides is 23. The van der Waals surface area contributed by atoms with E-state index in [1.54, 1.807) is 0 Å². The molecule has 0 aliphatic heterocycles. The second-order valence-electron chi connectivity index (χ2n) is 10.8. The summed E-state index contributed by atoms with van der Waals surface area (Å²) in [5.74, 6) is -77.0. The van der Waals surface area contributed by atoms with E-state index < -0.39 is 128 Å². The Morgan fingerprint density at radius 2 is 0.824 bits per heavy atom. The third kappa shape index (κ3) is 8.34. The normalized spacial score (nSPS) is 15.5. The van der Waals surface area contributed by atoms with E-state index in [9.17, 15) is 111 Å². The molecular weight excluding hydrogens is 789 g/mol. The van der Waals surface area contributed by atoms with Crippen LogP contribution in [0.5, 0.6) is 0 Å². The van der Waals surface area contributed by atoms with Crippen LogP contribution < -0.4 is 0 Å². The van der Waals surface area contributed by atoms with Gasteiger partial charge in [0, 0.05) is 12.5 Å². The van der Waals surface area contributed by atoms with Gasteiger partial charge in [-0.15, -0.1) is 0 Å². The van der Waals surface area contributed by atoms with E-state index in [4.69, 9.17) is 6.92 Å². The molecule has 4 nitrogen and oxygen atoms in total. The van der Waals surface area contributed by atoms with Crippen LogP contribution in [0.3, 0.4) is 0 Å². The number of hydrogen-bond donors (Lipinski definition) is 0. The molecule has 0 saturated carbocycles. The summed E-state index contributed by atoms with van der Waals surface area (Å²) in [7, 11) is 0. The van der Waals surface area contributed by atoms with Gasteiger partial charge >= 0.3 is 77.3 Å². The lowest BCUT2D eigenvalue weighted by molar-refractivity contribution is -0.440. The molecule has 0 N–H and O–H groups in total. The van der Waals surface area contributed by atoms with Crippen molar-refractivity contribution in [2.75, 3.05) is 13.2 Å². The van der Waals surface area contributed by atoms with E-state index in [1.165, 1.54) is 0 Å². The fourth-order valence-electron chi connectivity index (χ4n) is 3.22. The van der Waals surface area contributed by atoms with Crippen LogP contribution >= 0.6 is 0 Å². The molecule has 300 valence electrons. The van der Waals surface area contributed by atoms with Gasteiger partial charge in [-0.05, 0) is 20.3 Å². The van der Waals surface area contributed by atoms with E-state index >= 15 is 0 Å². The molecule has 0 aromatic carbocycles. The Hall–Kier alpha value is -2.93. The predicted molar refractivity (Wildman–Crippen MR) is 119 cm³/mol. The highest BCUT2D eigenvalue weighted by Crippen LogP contribution is 2.61. The van der Waals surface area contributed by atoms with Crippen molar-refractivity contribution in [2.45, 2.75) is 98.5 Å². The van der Waals surface area contributed by atoms with Gasteiger partial charge < -0.3 is 9.47 Å². The Labute approximate surface area is 269 Å². The second-order valence-corrected chi connectivity index (χ2v) is 10.8. The Morgan fingerprint density at radius 3 is 1.16 bits per heavy atom. The van der Waals surface area contributed by atoms with Crippen molar-refractivity contribution in [2.24, 2.45) is 5.41 Å². The van der Waals surface area contributed by atoms with Gasteiger partial charge in [0.15, 0.2) is 0 Å². The molecule has 0 fully saturated rings. The molecule has 0 amide bonds. The lowest BCUT2D eigenvalue weighted by Crippen LogP contribution is -2.70. The van der Waals surface area contributed by atoms with Crippen LogP contribution in [0.2, 0.25) is 0 Å². The Morgan fingerprint density at radius 1 is 0.510 bits per heavy atom. The molecule has 1 unspecified atom stereocenters. The summed E-state index contributed by atoms with van der Waals surface area (Å²) < 4.78 is 312. The first-order chi connectivity index (χ1) is 21.9. The van der Waals surface area contributed by atoms with E-state index in [-0.39, 0.29) is 0 Å². The van der Waals surface area contributed by atoms with E-state index in [2.05, 4.69) is 16.1 Å². The van der Waals surface area contributed by atoms with Crippen molar-refractivity contribution in [1.82, 2.24) is 0 Å². The van der Waals surface area contributed by atoms with Gasteiger partial charge in [-0.25, -0.2) is 4.79 Å². The summed E-state index contributed by atoms with van der Waals surface area (Å²) >= 11 is 0. The van der Waals surface area contributed by atoms with Crippen LogP contribution in [0, 0.1) is 12.3 Å². The SMILES string of the molecule is [CH]C(C)(CC(=C)C(=O)OCCC(F)(F)C(F)(F)C(F)(F)C(F)(F)C(C)(F)F)C(=O)OCCC(F)(F)C(F)(F)C(F)(F)C(F)(F)C(F)(F)C(F)(F)F. The molecule has 0 aliphatic rings. The average molecular weight is 808 g/mol. The van der Waals surface area contributed by atoms with Crippen LogP contribution in [0.25, 0.3) is 0 Å². The molecule has 1 atom stereocenters. The number of halogens is 23. The van der Waals surface area contributed by atoms with Gasteiger partial charge in [-0.1, -0.05) is 6.58 Å². The zero-order valence-corrected chi connectivity index (χ0v) is 24.6. The quantitative estimate of drug-likeness (QED) is 0.0788. The Balaban J connectivity index is 5.57. The summed E-state index contributed by atoms with van der Waals surface area (Å²) in [5.41, 5.74) is -4.09. The highest BCUT2D eigenvalue weighted by atomic mass is 19.4. The largest absolute Gasteiger partial charge is 0.465 e. The molecule has 0 aliphatic carbocycles. The van der Waals surface area contributed by atoms with E-state index in [1.807, 2.05) is 0 Å². The molecule has 51 heavy (non-hydrogen) atoms. The lowest BCUT2D eigenvalue weighted by atomic mass is 9.86. The first kappa shape index (κ1) is 48.1. The van der Waals surface area contributed by atoms with Crippen molar-refractivity contribution in [1.29, 1.82) is 0 Å². The standard InChI is InChI=1S/C24H19F23O4/c1-10(11(48)50-7-5-15(27,28)18(33,34)20(37,38)17(31,32)14(4,25)26)9-13(2,3)12(49)51-8-6-16(29,30)19(35,36)21(39,40)22(41,42)23(43,44)24(45,46)47/h2H,1,5-9H2,3-4H3. The van der Waals surface area contributed by atoms with Gasteiger partial charge in [0.25, 0.3) is 0 Å². The number of esters is 2. The van der Waals surface area contributed by atoms with Crippen molar-refractivity contribution >= 4 is 11.9 Å². The highest BCUT2D eigenvalue weighted by Gasteiger charge is 2.90. The maximum absolute atomic E-state index is 13.8. The zero-order chi connectivity index (χ0) is 41.7. The van der Waals surface area contributed by atoms with Crippen molar-refractivity contribution < 1.29 is 120 Å². The van der Waals surface area contributed by atoms with Crippen molar-refractivity contribution in [3.8, 4) is 0 Å². The Bertz CT molecular complexity index is 1280. The maximum Gasteiger partial charge on any atom is 0.460 e. The van der Waals surface area contributed by atoms with Crippen LogP contribution in [0.1, 0.15) is 33.1 Å². The molecule has 0 aromatic rings. The maximum atomic E-state index is 13.8. The molecule has 0 rings (SSSR count). The van der Waals surface area contributed by atoms with E-state index in [0.29, 0.717) is 6.92 Å². The predicted octanol–water partition coefficient (Wildman–Crippen LogP) is 9.45. The zero-order valence-electron chi connectivity index (χ0n) is 24.6. The highest BCUT2D eigenvalue weighted by molar-refractivity contribution is 5.89. The number of rotatable bonds is 18. The third-order valence-corrected chi connectivity index (χ3v) is 6.43. The summed E-state index contributed by atoms with van der Waals surface area (Å²) in [6, 6.07) is 0. The number of carbonyl (C=O) groups excluding carboxylic acids is 2. The van der Waals surface area contributed by atoms with Crippen molar-refractivity contribution in [3.05, 3.63) is 19.1 Å². The molecule has 0 spiro atoms. The Kier molecular flexibility index (Phi) is 13.0. The third-order valence-electron chi connectivity index (χ3n) is 6.43. The summed E-state index contributed by atoms with van der Waals surface area (Å²) in [6.07, 6.45) is -14.9. The van der Waals surface area contributed by atoms with Crippen LogP contribution in [-0.4, -0.2) is 90.6 Å². The first-order valence-corrected chi connectivity index (χ1v) is 12.5. The fraction of sp³-hybridized carbons (Fsp3) is 0.792. The summed E-state index contributed by atoms with van der Waals surface area (Å²) in [4.78, 5) is 23.9. The van der Waals surface area contributed by atoms with E-state index in [0.717, 1.165) is 0 Å². The van der Waals surface area contributed by atoms with Crippen LogP contribution in [0.15, 0.2) is 12.2 Å². The molecule has 0 aromatic heterocycles. The van der Waals surface area contributed by atoms with Gasteiger partial charge in [-0.2, -0.15) is 101 Å². The monoisotopic (exact) mass is 808 g/mol. The first-order valence-electron chi connectivity index (χ1n) is 12.5. The van der Waals surface area contributed by atoms with Crippen LogP contribution in [0.4, 0.5) is 101 Å².